The maximum Gasteiger partial charge on any atom is 0.197 e. The SMILES string of the molecule is Brc1nc(-c2ccc3oc4ccccc4c3c2)c2ccccc2n1. The zero-order valence-corrected chi connectivity index (χ0v) is 14.1. The first-order valence-electron chi connectivity index (χ1n) is 7.63. The third-order valence-electron chi connectivity index (χ3n) is 4.23. The smallest absolute Gasteiger partial charge is 0.197 e. The third kappa shape index (κ3) is 2.03. The number of fused-ring (bicyclic) bond motifs is 4. The fraction of sp³-hybridized carbons (Fsp3) is 0. The van der Waals surface area contributed by atoms with Gasteiger partial charge >= 0.3 is 0 Å². The molecule has 0 spiro atoms. The van der Waals surface area contributed by atoms with Crippen LogP contribution in [0.4, 0.5) is 0 Å². The van der Waals surface area contributed by atoms with Crippen molar-refractivity contribution in [1.29, 1.82) is 0 Å². The molecule has 24 heavy (non-hydrogen) atoms. The number of hydrogen-bond acceptors (Lipinski definition) is 3. The monoisotopic (exact) mass is 374 g/mol. The highest BCUT2D eigenvalue weighted by Crippen LogP contribution is 2.34. The standard InChI is InChI=1S/C20H11BrN2O/c21-20-22-16-7-3-1-6-14(16)19(23-20)12-9-10-18-15(11-12)13-5-2-4-8-17(13)24-18/h1-11H. The predicted octanol–water partition coefficient (Wildman–Crippen LogP) is 5.96. The summed E-state index contributed by atoms with van der Waals surface area (Å²) in [5, 5.41) is 3.25. The van der Waals surface area contributed by atoms with Gasteiger partial charge in [-0.25, -0.2) is 9.97 Å². The van der Waals surface area contributed by atoms with Crippen molar-refractivity contribution in [2.24, 2.45) is 0 Å². The van der Waals surface area contributed by atoms with Crippen LogP contribution in [-0.2, 0) is 0 Å². The molecule has 0 aliphatic rings. The molecule has 3 nitrogen and oxygen atoms in total. The van der Waals surface area contributed by atoms with Crippen molar-refractivity contribution in [3.8, 4) is 11.3 Å². The van der Waals surface area contributed by atoms with Crippen molar-refractivity contribution in [3.63, 3.8) is 0 Å². The van der Waals surface area contributed by atoms with Crippen LogP contribution in [0.2, 0.25) is 0 Å². The second kappa shape index (κ2) is 5.14. The van der Waals surface area contributed by atoms with Gasteiger partial charge in [-0.15, -0.1) is 0 Å². The van der Waals surface area contributed by atoms with Gasteiger partial charge in [0.15, 0.2) is 4.73 Å². The number of halogens is 1. The van der Waals surface area contributed by atoms with Crippen molar-refractivity contribution in [2.75, 3.05) is 0 Å². The van der Waals surface area contributed by atoms with Gasteiger partial charge < -0.3 is 4.42 Å². The highest BCUT2D eigenvalue weighted by atomic mass is 79.9. The summed E-state index contributed by atoms with van der Waals surface area (Å²) in [6, 6.07) is 22.3. The predicted molar refractivity (Wildman–Crippen MR) is 100.0 cm³/mol. The summed E-state index contributed by atoms with van der Waals surface area (Å²) in [6.07, 6.45) is 0. The first kappa shape index (κ1) is 13.7. The minimum Gasteiger partial charge on any atom is -0.456 e. The van der Waals surface area contributed by atoms with Crippen molar-refractivity contribution in [3.05, 3.63) is 71.5 Å². The van der Waals surface area contributed by atoms with E-state index in [0.29, 0.717) is 4.73 Å². The van der Waals surface area contributed by atoms with E-state index in [4.69, 9.17) is 4.42 Å². The van der Waals surface area contributed by atoms with Crippen molar-refractivity contribution >= 4 is 48.8 Å². The largest absolute Gasteiger partial charge is 0.456 e. The molecule has 0 unspecified atom stereocenters. The van der Waals surface area contributed by atoms with Gasteiger partial charge in [-0.1, -0.05) is 36.4 Å². The average Bonchev–Trinajstić information content (AvgIpc) is 2.99. The average molecular weight is 375 g/mol. The summed E-state index contributed by atoms with van der Waals surface area (Å²) in [5.41, 5.74) is 4.68. The van der Waals surface area contributed by atoms with E-state index >= 15 is 0 Å². The Morgan fingerprint density at radius 2 is 1.46 bits per heavy atom. The Morgan fingerprint density at radius 3 is 2.38 bits per heavy atom. The maximum absolute atomic E-state index is 5.91. The van der Waals surface area contributed by atoms with Gasteiger partial charge in [0.1, 0.15) is 11.2 Å². The van der Waals surface area contributed by atoms with E-state index in [9.17, 15) is 0 Å². The Bertz CT molecular complexity index is 1230. The van der Waals surface area contributed by atoms with Gasteiger partial charge in [-0.2, -0.15) is 0 Å². The summed E-state index contributed by atoms with van der Waals surface area (Å²) in [4.78, 5) is 9.07. The van der Waals surface area contributed by atoms with Crippen LogP contribution in [0.1, 0.15) is 0 Å². The molecule has 0 aliphatic carbocycles. The molecular weight excluding hydrogens is 364 g/mol. The van der Waals surface area contributed by atoms with E-state index in [1.165, 1.54) is 0 Å². The minimum atomic E-state index is 0.591. The lowest BCUT2D eigenvalue weighted by Crippen LogP contribution is -1.91. The molecule has 0 saturated carbocycles. The number of benzene rings is 3. The molecular formula is C20H11BrN2O. The molecule has 0 N–H and O–H groups in total. The third-order valence-corrected chi connectivity index (χ3v) is 4.58. The van der Waals surface area contributed by atoms with E-state index in [1.807, 2.05) is 48.5 Å². The maximum atomic E-state index is 5.91. The number of furan rings is 1. The summed E-state index contributed by atoms with van der Waals surface area (Å²) in [5.74, 6) is 0. The van der Waals surface area contributed by atoms with Crippen LogP contribution >= 0.6 is 15.9 Å². The van der Waals surface area contributed by atoms with Gasteiger partial charge in [0, 0.05) is 21.7 Å². The first-order chi connectivity index (χ1) is 11.8. The van der Waals surface area contributed by atoms with Crippen LogP contribution in [-0.4, -0.2) is 9.97 Å². The Morgan fingerprint density at radius 1 is 0.708 bits per heavy atom. The molecule has 0 amide bonds. The number of nitrogens with zero attached hydrogens (tertiary/aromatic N) is 2. The van der Waals surface area contributed by atoms with Gasteiger partial charge in [0.25, 0.3) is 0 Å². The van der Waals surface area contributed by atoms with Crippen molar-refractivity contribution in [1.82, 2.24) is 9.97 Å². The Balaban J connectivity index is 1.85. The first-order valence-corrected chi connectivity index (χ1v) is 8.43. The molecule has 0 saturated heterocycles. The zero-order valence-electron chi connectivity index (χ0n) is 12.5. The van der Waals surface area contributed by atoms with Gasteiger partial charge in [-0.05, 0) is 46.3 Å². The number of rotatable bonds is 1. The number of hydrogen-bond donors (Lipinski definition) is 0. The molecule has 0 aliphatic heterocycles. The topological polar surface area (TPSA) is 38.9 Å². The molecule has 2 heterocycles. The molecule has 0 bridgehead atoms. The highest BCUT2D eigenvalue weighted by molar-refractivity contribution is 9.10. The Labute approximate surface area is 146 Å². The van der Waals surface area contributed by atoms with E-state index in [0.717, 1.165) is 44.1 Å². The van der Waals surface area contributed by atoms with Crippen LogP contribution < -0.4 is 0 Å². The summed E-state index contributed by atoms with van der Waals surface area (Å²) >= 11 is 3.42. The Hall–Kier alpha value is -2.72. The van der Waals surface area contributed by atoms with E-state index < -0.39 is 0 Å². The van der Waals surface area contributed by atoms with Crippen molar-refractivity contribution in [2.45, 2.75) is 0 Å². The van der Waals surface area contributed by atoms with Crippen LogP contribution in [0.5, 0.6) is 0 Å². The van der Waals surface area contributed by atoms with Crippen LogP contribution in [0.3, 0.4) is 0 Å². The van der Waals surface area contributed by atoms with E-state index in [2.05, 4.69) is 44.1 Å². The second-order valence-corrected chi connectivity index (χ2v) is 6.38. The number of aromatic nitrogens is 2. The molecule has 5 aromatic rings. The lowest BCUT2D eigenvalue weighted by Gasteiger charge is -2.06. The summed E-state index contributed by atoms with van der Waals surface area (Å²) in [7, 11) is 0. The Kier molecular flexibility index (Phi) is 2.94. The number of para-hydroxylation sites is 2. The highest BCUT2D eigenvalue weighted by Gasteiger charge is 2.12. The molecule has 0 fully saturated rings. The van der Waals surface area contributed by atoms with Crippen LogP contribution in [0, 0.1) is 0 Å². The molecule has 3 aromatic carbocycles. The normalized spacial score (nSPS) is 11.5. The van der Waals surface area contributed by atoms with Crippen LogP contribution in [0.25, 0.3) is 44.1 Å². The molecule has 114 valence electrons. The lowest BCUT2D eigenvalue weighted by molar-refractivity contribution is 0.669. The van der Waals surface area contributed by atoms with Gasteiger partial charge in [-0.3, -0.25) is 0 Å². The fourth-order valence-corrected chi connectivity index (χ4v) is 3.51. The fourth-order valence-electron chi connectivity index (χ4n) is 3.14. The molecule has 5 rings (SSSR count). The minimum absolute atomic E-state index is 0.591. The van der Waals surface area contributed by atoms with Crippen LogP contribution in [0.15, 0.2) is 75.9 Å². The van der Waals surface area contributed by atoms with E-state index in [-0.39, 0.29) is 0 Å². The summed E-state index contributed by atoms with van der Waals surface area (Å²) in [6.45, 7) is 0. The molecule has 0 radical (unpaired) electrons. The zero-order chi connectivity index (χ0) is 16.1. The van der Waals surface area contributed by atoms with Crippen molar-refractivity contribution < 1.29 is 4.42 Å². The molecule has 0 atom stereocenters. The molecule has 2 aromatic heterocycles. The second-order valence-electron chi connectivity index (χ2n) is 5.67. The lowest BCUT2D eigenvalue weighted by atomic mass is 10.0. The summed E-state index contributed by atoms with van der Waals surface area (Å²) < 4.78 is 6.50. The van der Waals surface area contributed by atoms with Gasteiger partial charge in [0.05, 0.1) is 11.2 Å². The quantitative estimate of drug-likeness (QED) is 0.340. The van der Waals surface area contributed by atoms with E-state index in [1.54, 1.807) is 0 Å². The molecule has 4 heteroatoms. The van der Waals surface area contributed by atoms with Gasteiger partial charge in [0.2, 0.25) is 0 Å².